The first-order valence-corrected chi connectivity index (χ1v) is 10.6. The van der Waals surface area contributed by atoms with Crippen LogP contribution < -0.4 is 10.6 Å². The van der Waals surface area contributed by atoms with Crippen molar-refractivity contribution >= 4 is 21.6 Å². The molecule has 0 spiro atoms. The molecule has 0 saturated carbocycles. The molecule has 0 radical (unpaired) electrons. The zero-order valence-electron chi connectivity index (χ0n) is 15.2. The molecule has 1 saturated heterocycles. The highest BCUT2D eigenvalue weighted by molar-refractivity contribution is 7.89. The number of carbonyl (C=O) groups excluding carboxylic acids is 1. The van der Waals surface area contributed by atoms with Gasteiger partial charge in [0.15, 0.2) is 0 Å². The van der Waals surface area contributed by atoms with Gasteiger partial charge in [0.25, 0.3) is 0 Å². The minimum Gasteiger partial charge on any atom is -0.376 e. The molecule has 0 atom stereocenters. The van der Waals surface area contributed by atoms with Crippen LogP contribution in [0, 0.1) is 0 Å². The fourth-order valence-corrected chi connectivity index (χ4v) is 4.63. The van der Waals surface area contributed by atoms with Gasteiger partial charge in [0, 0.05) is 25.3 Å². The molecule has 0 unspecified atom stereocenters. The number of sulfonamides is 1. The van der Waals surface area contributed by atoms with Crippen LogP contribution in [0.1, 0.15) is 24.8 Å². The smallest absolute Gasteiger partial charge is 0.243 e. The number of anilines is 1. The summed E-state index contributed by atoms with van der Waals surface area (Å²) < 4.78 is 27.1. The van der Waals surface area contributed by atoms with Gasteiger partial charge < -0.3 is 10.6 Å². The van der Waals surface area contributed by atoms with E-state index in [4.69, 9.17) is 0 Å². The first kappa shape index (κ1) is 19.4. The Labute approximate surface area is 160 Å². The second-order valence-electron chi connectivity index (χ2n) is 6.61. The summed E-state index contributed by atoms with van der Waals surface area (Å²) in [6.07, 6.45) is 2.88. The predicted octanol–water partition coefficient (Wildman–Crippen LogP) is 2.59. The molecule has 2 aromatic rings. The highest BCUT2D eigenvalue weighted by Crippen LogP contribution is 2.22. The van der Waals surface area contributed by atoms with Crippen molar-refractivity contribution in [2.24, 2.45) is 0 Å². The van der Waals surface area contributed by atoms with Crippen LogP contribution in [0.15, 0.2) is 59.5 Å². The third-order valence-electron chi connectivity index (χ3n) is 4.57. The van der Waals surface area contributed by atoms with Crippen LogP contribution in [0.5, 0.6) is 0 Å². The van der Waals surface area contributed by atoms with Gasteiger partial charge in [-0.2, -0.15) is 4.31 Å². The van der Waals surface area contributed by atoms with Crippen LogP contribution in [0.3, 0.4) is 0 Å². The second kappa shape index (κ2) is 9.01. The number of piperidine rings is 1. The fraction of sp³-hybridized carbons (Fsp3) is 0.350. The second-order valence-corrected chi connectivity index (χ2v) is 8.55. The van der Waals surface area contributed by atoms with Gasteiger partial charge in [0.05, 0.1) is 11.4 Å². The van der Waals surface area contributed by atoms with Gasteiger partial charge in [0.1, 0.15) is 0 Å². The molecular formula is C20H25N3O3S. The average molecular weight is 388 g/mol. The molecule has 7 heteroatoms. The van der Waals surface area contributed by atoms with E-state index in [-0.39, 0.29) is 17.3 Å². The number of nitrogens with one attached hydrogen (secondary N) is 2. The number of hydrogen-bond acceptors (Lipinski definition) is 4. The average Bonchev–Trinajstić information content (AvgIpc) is 2.72. The van der Waals surface area contributed by atoms with E-state index in [2.05, 4.69) is 10.6 Å². The van der Waals surface area contributed by atoms with E-state index in [1.807, 2.05) is 30.3 Å². The van der Waals surface area contributed by atoms with Crippen molar-refractivity contribution < 1.29 is 13.2 Å². The van der Waals surface area contributed by atoms with Crippen molar-refractivity contribution in [1.82, 2.24) is 9.62 Å². The summed E-state index contributed by atoms with van der Waals surface area (Å²) in [5.74, 6) is -0.150. The molecule has 27 heavy (non-hydrogen) atoms. The van der Waals surface area contributed by atoms with Gasteiger partial charge in [-0.3, -0.25) is 4.79 Å². The Morgan fingerprint density at radius 3 is 2.44 bits per heavy atom. The van der Waals surface area contributed by atoms with E-state index >= 15 is 0 Å². The molecule has 1 fully saturated rings. The lowest BCUT2D eigenvalue weighted by molar-refractivity contribution is -0.119. The highest BCUT2D eigenvalue weighted by Gasteiger charge is 2.25. The lowest BCUT2D eigenvalue weighted by atomic mass is 10.2. The molecule has 0 aromatic heterocycles. The predicted molar refractivity (Wildman–Crippen MR) is 106 cm³/mol. The summed E-state index contributed by atoms with van der Waals surface area (Å²) in [6, 6.07) is 16.3. The summed E-state index contributed by atoms with van der Waals surface area (Å²) >= 11 is 0. The van der Waals surface area contributed by atoms with Crippen LogP contribution >= 0.6 is 0 Å². The van der Waals surface area contributed by atoms with Gasteiger partial charge in [-0.15, -0.1) is 0 Å². The Balaban J connectivity index is 1.56. The minimum absolute atomic E-state index is 0.0834. The van der Waals surface area contributed by atoms with Gasteiger partial charge in [-0.1, -0.05) is 42.8 Å². The number of benzene rings is 2. The molecule has 1 amide bonds. The molecule has 1 heterocycles. The minimum atomic E-state index is -3.48. The fourth-order valence-electron chi connectivity index (χ4n) is 3.06. The summed E-state index contributed by atoms with van der Waals surface area (Å²) in [6.45, 7) is 1.69. The van der Waals surface area contributed by atoms with Gasteiger partial charge >= 0.3 is 0 Å². The Bertz CT molecular complexity index is 863. The van der Waals surface area contributed by atoms with Crippen molar-refractivity contribution in [2.45, 2.75) is 30.7 Å². The SMILES string of the molecule is O=C(CNc1cccc(S(=O)(=O)N2CCCCC2)c1)NCc1ccccc1. The van der Waals surface area contributed by atoms with Gasteiger partial charge in [-0.05, 0) is 36.6 Å². The van der Waals surface area contributed by atoms with Gasteiger partial charge in [-0.25, -0.2) is 8.42 Å². The van der Waals surface area contributed by atoms with Crippen LogP contribution in [-0.2, 0) is 21.4 Å². The highest BCUT2D eigenvalue weighted by atomic mass is 32.2. The molecule has 0 aliphatic carbocycles. The third kappa shape index (κ3) is 5.30. The lowest BCUT2D eigenvalue weighted by Crippen LogP contribution is -2.35. The van der Waals surface area contributed by atoms with Gasteiger partial charge in [0.2, 0.25) is 15.9 Å². The maximum absolute atomic E-state index is 12.8. The first-order chi connectivity index (χ1) is 13.1. The monoisotopic (exact) mass is 387 g/mol. The Morgan fingerprint density at radius 2 is 1.70 bits per heavy atom. The quantitative estimate of drug-likeness (QED) is 0.765. The number of hydrogen-bond donors (Lipinski definition) is 2. The summed E-state index contributed by atoms with van der Waals surface area (Å²) in [5.41, 5.74) is 1.64. The molecular weight excluding hydrogens is 362 g/mol. The number of amides is 1. The first-order valence-electron chi connectivity index (χ1n) is 9.20. The molecule has 144 valence electrons. The van der Waals surface area contributed by atoms with Crippen LogP contribution in [0.4, 0.5) is 5.69 Å². The number of rotatable bonds is 7. The van der Waals surface area contributed by atoms with E-state index in [0.717, 1.165) is 24.8 Å². The zero-order chi connectivity index (χ0) is 19.1. The molecule has 2 aromatic carbocycles. The summed E-state index contributed by atoms with van der Waals surface area (Å²) in [5, 5.41) is 5.84. The maximum Gasteiger partial charge on any atom is 0.243 e. The number of nitrogens with zero attached hydrogens (tertiary/aromatic N) is 1. The van der Waals surface area contributed by atoms with Crippen molar-refractivity contribution in [1.29, 1.82) is 0 Å². The van der Waals surface area contributed by atoms with E-state index in [9.17, 15) is 13.2 Å². The van der Waals surface area contributed by atoms with Crippen LogP contribution in [0.2, 0.25) is 0 Å². The van der Waals surface area contributed by atoms with E-state index in [1.165, 1.54) is 0 Å². The Morgan fingerprint density at radius 1 is 0.963 bits per heavy atom. The largest absolute Gasteiger partial charge is 0.376 e. The molecule has 1 aliphatic rings. The topological polar surface area (TPSA) is 78.5 Å². The zero-order valence-corrected chi connectivity index (χ0v) is 16.0. The standard InChI is InChI=1S/C20H25N3O3S/c24-20(22-15-17-8-3-1-4-9-17)16-21-18-10-7-11-19(14-18)27(25,26)23-12-5-2-6-13-23/h1,3-4,7-11,14,21H,2,5-6,12-13,15-16H2,(H,22,24). The summed E-state index contributed by atoms with van der Waals surface area (Å²) in [4.78, 5) is 12.3. The maximum atomic E-state index is 12.8. The van der Waals surface area contributed by atoms with E-state index in [0.29, 0.717) is 25.3 Å². The van der Waals surface area contributed by atoms with Crippen molar-refractivity contribution in [2.75, 3.05) is 25.0 Å². The summed E-state index contributed by atoms with van der Waals surface area (Å²) in [7, 11) is -3.48. The lowest BCUT2D eigenvalue weighted by Gasteiger charge is -2.26. The van der Waals surface area contributed by atoms with Crippen molar-refractivity contribution in [3.63, 3.8) is 0 Å². The Hall–Kier alpha value is -2.38. The molecule has 2 N–H and O–H groups in total. The normalized spacial score (nSPS) is 15.3. The molecule has 3 rings (SSSR count). The molecule has 0 bridgehead atoms. The third-order valence-corrected chi connectivity index (χ3v) is 6.47. The van der Waals surface area contributed by atoms with Crippen LogP contribution in [0.25, 0.3) is 0 Å². The number of carbonyl (C=O) groups is 1. The Kier molecular flexibility index (Phi) is 6.47. The van der Waals surface area contributed by atoms with Crippen LogP contribution in [-0.4, -0.2) is 38.3 Å². The molecule has 1 aliphatic heterocycles. The van der Waals surface area contributed by atoms with Crippen molar-refractivity contribution in [3.8, 4) is 0 Å². The van der Waals surface area contributed by atoms with E-state index < -0.39 is 10.0 Å². The van der Waals surface area contributed by atoms with E-state index in [1.54, 1.807) is 28.6 Å². The molecule has 6 nitrogen and oxygen atoms in total. The van der Waals surface area contributed by atoms with Crippen molar-refractivity contribution in [3.05, 3.63) is 60.2 Å².